The number of fused-ring (bicyclic) bond motifs is 1. The second kappa shape index (κ2) is 6.80. The Bertz CT molecular complexity index is 1110. The summed E-state index contributed by atoms with van der Waals surface area (Å²) in [7, 11) is 0. The lowest BCUT2D eigenvalue weighted by Gasteiger charge is -2.20. The molecule has 7 nitrogen and oxygen atoms in total. The molecule has 0 bridgehead atoms. The molecule has 7 heteroatoms. The fourth-order valence-corrected chi connectivity index (χ4v) is 3.01. The third kappa shape index (κ3) is 3.18. The van der Waals surface area contributed by atoms with E-state index in [0.29, 0.717) is 22.5 Å². The average Bonchev–Trinajstić information content (AvgIpc) is 3.22. The minimum absolute atomic E-state index is 0.0254. The first kappa shape index (κ1) is 16.6. The van der Waals surface area contributed by atoms with Crippen LogP contribution in [0.2, 0.25) is 0 Å². The number of hydrogen-bond acceptors (Lipinski definition) is 6. The molecule has 0 fully saturated rings. The average molecular weight is 361 g/mol. The van der Waals surface area contributed by atoms with E-state index in [1.165, 1.54) is 18.4 Å². The SMILES string of the molecule is O=[N+]([O-])c1cccc(N[C@H](c2ccco2)c2ccc3cccnc3c2O)c1. The number of benzene rings is 2. The summed E-state index contributed by atoms with van der Waals surface area (Å²) in [6.07, 6.45) is 3.15. The molecule has 2 aromatic heterocycles. The summed E-state index contributed by atoms with van der Waals surface area (Å²) in [6, 6.07) is 16.5. The second-order valence-corrected chi connectivity index (χ2v) is 5.98. The van der Waals surface area contributed by atoms with Gasteiger partial charge < -0.3 is 14.8 Å². The van der Waals surface area contributed by atoms with E-state index in [-0.39, 0.29) is 11.4 Å². The lowest BCUT2D eigenvalue weighted by atomic mass is 10.0. The van der Waals surface area contributed by atoms with Gasteiger partial charge in [0.05, 0.1) is 11.2 Å². The van der Waals surface area contributed by atoms with E-state index in [2.05, 4.69) is 10.3 Å². The van der Waals surface area contributed by atoms with Gasteiger partial charge >= 0.3 is 0 Å². The van der Waals surface area contributed by atoms with Crippen LogP contribution >= 0.6 is 0 Å². The third-order valence-electron chi connectivity index (χ3n) is 4.29. The number of rotatable bonds is 5. The van der Waals surface area contributed by atoms with Gasteiger partial charge in [-0.05, 0) is 24.3 Å². The normalized spacial score (nSPS) is 12.0. The Morgan fingerprint density at radius 3 is 2.78 bits per heavy atom. The van der Waals surface area contributed by atoms with Gasteiger partial charge in [-0.2, -0.15) is 0 Å². The summed E-state index contributed by atoms with van der Waals surface area (Å²) in [5, 5.41) is 25.9. The van der Waals surface area contributed by atoms with Crippen molar-refractivity contribution in [3.8, 4) is 5.75 Å². The highest BCUT2D eigenvalue weighted by atomic mass is 16.6. The first-order valence-corrected chi connectivity index (χ1v) is 8.24. The highest BCUT2D eigenvalue weighted by Crippen LogP contribution is 2.36. The second-order valence-electron chi connectivity index (χ2n) is 5.98. The Labute approximate surface area is 154 Å². The topological polar surface area (TPSA) is 101 Å². The largest absolute Gasteiger partial charge is 0.505 e. The molecule has 0 spiro atoms. The molecule has 1 atom stereocenters. The number of nitro groups is 1. The summed E-state index contributed by atoms with van der Waals surface area (Å²) in [5.74, 6) is 0.597. The number of anilines is 1. The predicted molar refractivity (Wildman–Crippen MR) is 101 cm³/mol. The number of pyridine rings is 1. The van der Waals surface area contributed by atoms with Gasteiger partial charge in [0, 0.05) is 35.0 Å². The molecule has 0 aliphatic rings. The van der Waals surface area contributed by atoms with Gasteiger partial charge in [-0.15, -0.1) is 0 Å². The lowest BCUT2D eigenvalue weighted by molar-refractivity contribution is -0.384. The van der Waals surface area contributed by atoms with E-state index >= 15 is 0 Å². The summed E-state index contributed by atoms with van der Waals surface area (Å²) in [6.45, 7) is 0. The molecule has 0 saturated heterocycles. The molecule has 0 unspecified atom stereocenters. The molecule has 0 saturated carbocycles. The Balaban J connectivity index is 1.80. The van der Waals surface area contributed by atoms with E-state index < -0.39 is 11.0 Å². The van der Waals surface area contributed by atoms with Crippen LogP contribution in [0.15, 0.2) is 77.5 Å². The van der Waals surface area contributed by atoms with Gasteiger partial charge in [0.15, 0.2) is 0 Å². The van der Waals surface area contributed by atoms with Crippen LogP contribution in [0, 0.1) is 10.1 Å². The van der Waals surface area contributed by atoms with Crippen molar-refractivity contribution in [1.82, 2.24) is 4.98 Å². The Morgan fingerprint density at radius 1 is 1.11 bits per heavy atom. The Kier molecular flexibility index (Phi) is 4.18. The van der Waals surface area contributed by atoms with E-state index in [0.717, 1.165) is 5.39 Å². The smallest absolute Gasteiger partial charge is 0.271 e. The van der Waals surface area contributed by atoms with Gasteiger partial charge in [-0.1, -0.05) is 24.3 Å². The minimum atomic E-state index is -0.548. The number of aromatic hydroxyl groups is 1. The molecule has 2 N–H and O–H groups in total. The molecule has 0 aliphatic carbocycles. The number of nitrogens with one attached hydrogen (secondary N) is 1. The van der Waals surface area contributed by atoms with Crippen LogP contribution in [-0.2, 0) is 0 Å². The predicted octanol–water partition coefficient (Wildman–Crippen LogP) is 4.64. The quantitative estimate of drug-likeness (QED) is 0.396. The monoisotopic (exact) mass is 361 g/mol. The summed E-state index contributed by atoms with van der Waals surface area (Å²) in [4.78, 5) is 14.8. The van der Waals surface area contributed by atoms with E-state index in [4.69, 9.17) is 4.42 Å². The minimum Gasteiger partial charge on any atom is -0.505 e. The first-order valence-electron chi connectivity index (χ1n) is 8.24. The van der Waals surface area contributed by atoms with Crippen molar-refractivity contribution < 1.29 is 14.4 Å². The Morgan fingerprint density at radius 2 is 2.00 bits per heavy atom. The zero-order valence-corrected chi connectivity index (χ0v) is 14.1. The fourth-order valence-electron chi connectivity index (χ4n) is 3.01. The van der Waals surface area contributed by atoms with E-state index in [1.54, 1.807) is 42.6 Å². The summed E-state index contributed by atoms with van der Waals surface area (Å²) < 4.78 is 5.54. The van der Waals surface area contributed by atoms with Crippen molar-refractivity contribution in [2.24, 2.45) is 0 Å². The maximum atomic E-state index is 11.0. The summed E-state index contributed by atoms with van der Waals surface area (Å²) >= 11 is 0. The first-order chi connectivity index (χ1) is 13.1. The van der Waals surface area contributed by atoms with Crippen molar-refractivity contribution in [3.63, 3.8) is 0 Å². The van der Waals surface area contributed by atoms with Crippen LogP contribution in [0.5, 0.6) is 5.75 Å². The number of phenols is 1. The zero-order chi connectivity index (χ0) is 18.8. The Hall–Kier alpha value is -3.87. The van der Waals surface area contributed by atoms with Crippen LogP contribution in [0.25, 0.3) is 10.9 Å². The molecular formula is C20H15N3O4. The fraction of sp³-hybridized carbons (Fsp3) is 0.0500. The van der Waals surface area contributed by atoms with E-state index in [9.17, 15) is 15.2 Å². The highest BCUT2D eigenvalue weighted by Gasteiger charge is 2.22. The molecule has 0 radical (unpaired) electrons. The maximum absolute atomic E-state index is 11.0. The lowest BCUT2D eigenvalue weighted by Crippen LogP contribution is -2.12. The third-order valence-corrected chi connectivity index (χ3v) is 4.29. The number of nitrogens with zero attached hydrogens (tertiary/aromatic N) is 2. The number of hydrogen-bond donors (Lipinski definition) is 2. The van der Waals surface area contributed by atoms with Crippen molar-refractivity contribution in [2.45, 2.75) is 6.04 Å². The van der Waals surface area contributed by atoms with Crippen molar-refractivity contribution >= 4 is 22.3 Å². The number of nitro benzene ring substituents is 1. The highest BCUT2D eigenvalue weighted by molar-refractivity contribution is 5.85. The van der Waals surface area contributed by atoms with Crippen LogP contribution in [0.4, 0.5) is 11.4 Å². The maximum Gasteiger partial charge on any atom is 0.271 e. The molecule has 0 amide bonds. The van der Waals surface area contributed by atoms with Crippen LogP contribution < -0.4 is 5.32 Å². The van der Waals surface area contributed by atoms with Crippen molar-refractivity contribution in [1.29, 1.82) is 0 Å². The molecular weight excluding hydrogens is 346 g/mol. The number of aromatic nitrogens is 1. The summed E-state index contributed by atoms with van der Waals surface area (Å²) in [5.41, 5.74) is 1.55. The van der Waals surface area contributed by atoms with Gasteiger partial charge in [0.25, 0.3) is 5.69 Å². The zero-order valence-electron chi connectivity index (χ0n) is 14.1. The van der Waals surface area contributed by atoms with Crippen LogP contribution in [0.3, 0.4) is 0 Å². The van der Waals surface area contributed by atoms with Gasteiger partial charge in [0.2, 0.25) is 0 Å². The molecule has 134 valence electrons. The van der Waals surface area contributed by atoms with Gasteiger partial charge in [-0.3, -0.25) is 15.1 Å². The molecule has 2 heterocycles. The van der Waals surface area contributed by atoms with E-state index in [1.807, 2.05) is 12.1 Å². The number of non-ortho nitro benzene ring substituents is 1. The van der Waals surface area contributed by atoms with Crippen molar-refractivity contribution in [2.75, 3.05) is 5.32 Å². The van der Waals surface area contributed by atoms with Gasteiger partial charge in [-0.25, -0.2) is 0 Å². The van der Waals surface area contributed by atoms with Crippen molar-refractivity contribution in [3.05, 3.63) is 94.6 Å². The van der Waals surface area contributed by atoms with Crippen LogP contribution in [0.1, 0.15) is 17.4 Å². The molecule has 4 rings (SSSR count). The van der Waals surface area contributed by atoms with Crippen LogP contribution in [-0.4, -0.2) is 15.0 Å². The molecule has 27 heavy (non-hydrogen) atoms. The number of phenolic OH excluding ortho intramolecular Hbond substituents is 1. The standard InChI is InChI=1S/C20H15N3O4/c24-20-16(9-8-13-4-2-10-21-18(13)20)19(17-7-3-11-27-17)22-14-5-1-6-15(12-14)23(25)26/h1-12,19,22,24H/t19-/m0/s1. The molecule has 4 aromatic rings. The number of furan rings is 1. The van der Waals surface area contributed by atoms with Gasteiger partial charge in [0.1, 0.15) is 23.1 Å². The molecule has 2 aromatic carbocycles. The molecule has 0 aliphatic heterocycles.